The summed E-state index contributed by atoms with van der Waals surface area (Å²) >= 11 is 0. The van der Waals surface area contributed by atoms with Crippen LogP contribution in [-0.4, -0.2) is 17.5 Å². The maximum Gasteiger partial charge on any atom is 0.573 e. The molecule has 1 N–H and O–H groups in total. The summed E-state index contributed by atoms with van der Waals surface area (Å²) in [5.74, 6) is -0.349. The van der Waals surface area contributed by atoms with E-state index in [0.717, 1.165) is 30.7 Å². The van der Waals surface area contributed by atoms with Crippen LogP contribution in [0.5, 0.6) is 5.75 Å². The number of rotatable bonds is 5. The third-order valence-electron chi connectivity index (χ3n) is 2.64. The minimum Gasteiger partial charge on any atom is -0.406 e. The van der Waals surface area contributed by atoms with Gasteiger partial charge < -0.3 is 14.9 Å². The molecule has 1 aromatic carbocycles. The molecule has 7 nitrogen and oxygen atoms in total. The second kappa shape index (κ2) is 6.81. The topological polar surface area (TPSA) is 86.0 Å². The maximum atomic E-state index is 12.1. The van der Waals surface area contributed by atoms with Gasteiger partial charge in [-0.2, -0.15) is 0 Å². The highest BCUT2D eigenvalue weighted by Gasteiger charge is 2.30. The Morgan fingerprint density at radius 1 is 1.30 bits per heavy atom. The summed E-state index contributed by atoms with van der Waals surface area (Å²) in [5.41, 5.74) is 0.430. The number of ether oxygens (including phenoxy) is 1. The van der Waals surface area contributed by atoms with Gasteiger partial charge in [-0.15, -0.1) is 13.2 Å². The normalized spacial score (nSPS) is 14.2. The summed E-state index contributed by atoms with van der Waals surface area (Å²) in [5, 5.41) is 17.1. The highest BCUT2D eigenvalue weighted by atomic mass is 19.4. The van der Waals surface area contributed by atoms with Crippen molar-refractivity contribution >= 4 is 6.21 Å². The zero-order valence-electron chi connectivity index (χ0n) is 11.4. The molecule has 0 aromatic heterocycles. The van der Waals surface area contributed by atoms with Gasteiger partial charge in [0.15, 0.2) is 12.0 Å². The Balaban J connectivity index is 2.00. The van der Waals surface area contributed by atoms with Crippen LogP contribution >= 0.6 is 0 Å². The summed E-state index contributed by atoms with van der Waals surface area (Å²) in [6, 6.07) is 5.10. The molecule has 1 aliphatic heterocycles. The second-order valence-electron chi connectivity index (χ2n) is 4.25. The molecular formula is C13H10F3N3O4. The molecule has 0 aliphatic carbocycles. The van der Waals surface area contributed by atoms with Crippen LogP contribution in [0.2, 0.25) is 0 Å². The van der Waals surface area contributed by atoms with Crippen molar-refractivity contribution in [1.82, 2.24) is 5.32 Å². The fourth-order valence-electron chi connectivity index (χ4n) is 1.67. The molecule has 1 aromatic rings. The quantitative estimate of drug-likeness (QED) is 0.663. The van der Waals surface area contributed by atoms with E-state index in [4.69, 9.17) is 4.84 Å². The Hall–Kier alpha value is -3.04. The summed E-state index contributed by atoms with van der Waals surface area (Å²) in [4.78, 5) is 15.0. The molecule has 122 valence electrons. The molecule has 2 rings (SSSR count). The van der Waals surface area contributed by atoms with Crippen molar-refractivity contribution in [2.24, 2.45) is 5.16 Å². The number of nitrogens with one attached hydrogen (secondary N) is 1. The van der Waals surface area contributed by atoms with Gasteiger partial charge >= 0.3 is 6.36 Å². The van der Waals surface area contributed by atoms with E-state index in [-0.39, 0.29) is 23.7 Å². The van der Waals surface area contributed by atoms with Gasteiger partial charge in [-0.25, -0.2) is 0 Å². The molecule has 0 atom stereocenters. The summed E-state index contributed by atoms with van der Waals surface area (Å²) in [6.45, 7) is 0.132. The fourth-order valence-corrected chi connectivity index (χ4v) is 1.67. The van der Waals surface area contributed by atoms with E-state index in [2.05, 4.69) is 15.2 Å². The molecule has 1 aliphatic rings. The van der Waals surface area contributed by atoms with Gasteiger partial charge in [-0.05, 0) is 17.7 Å². The molecule has 10 heteroatoms. The molecule has 0 unspecified atom stereocenters. The van der Waals surface area contributed by atoms with E-state index in [9.17, 15) is 23.3 Å². The van der Waals surface area contributed by atoms with E-state index in [1.54, 1.807) is 0 Å². The maximum absolute atomic E-state index is 12.1. The van der Waals surface area contributed by atoms with Crippen molar-refractivity contribution in [1.29, 1.82) is 0 Å². The van der Waals surface area contributed by atoms with Crippen LogP contribution in [0.4, 0.5) is 13.2 Å². The standard InChI is InChI=1S/C13H10F3N3O4/c14-13(15,16)23-10-3-1-9(2-4-10)7-17-11-8-22-18-6-5-12(11)19(20)21/h1-6,8,17H,7H2. The first-order valence-corrected chi connectivity index (χ1v) is 6.18. The van der Waals surface area contributed by atoms with Crippen LogP contribution in [0, 0.1) is 10.1 Å². The monoisotopic (exact) mass is 329 g/mol. The Labute approximate surface area is 127 Å². The van der Waals surface area contributed by atoms with Crippen LogP contribution < -0.4 is 10.1 Å². The third kappa shape index (κ3) is 5.02. The van der Waals surface area contributed by atoms with E-state index < -0.39 is 11.3 Å². The Morgan fingerprint density at radius 2 is 2.00 bits per heavy atom. The number of hydrogen-bond acceptors (Lipinski definition) is 6. The minimum atomic E-state index is -4.76. The molecule has 0 saturated carbocycles. The SMILES string of the molecule is O=[N+]([O-])C1=CC=NOC=C1NCc1ccc(OC(F)(F)F)cc1. The predicted molar refractivity (Wildman–Crippen MR) is 72.7 cm³/mol. The molecule has 1 heterocycles. The second-order valence-corrected chi connectivity index (χ2v) is 4.25. The van der Waals surface area contributed by atoms with Crippen molar-refractivity contribution in [3.63, 3.8) is 0 Å². The fraction of sp³-hybridized carbons (Fsp3) is 0.154. The van der Waals surface area contributed by atoms with Gasteiger partial charge in [-0.1, -0.05) is 17.3 Å². The largest absolute Gasteiger partial charge is 0.573 e. The third-order valence-corrected chi connectivity index (χ3v) is 2.64. The van der Waals surface area contributed by atoms with Gasteiger partial charge in [-0.3, -0.25) is 10.1 Å². The molecule has 0 saturated heterocycles. The van der Waals surface area contributed by atoms with E-state index in [1.807, 2.05) is 0 Å². The van der Waals surface area contributed by atoms with E-state index in [1.165, 1.54) is 12.1 Å². The van der Waals surface area contributed by atoms with Crippen LogP contribution in [-0.2, 0) is 11.4 Å². The van der Waals surface area contributed by atoms with Gasteiger partial charge in [0.25, 0.3) is 5.70 Å². The van der Waals surface area contributed by atoms with Crippen LogP contribution in [0.1, 0.15) is 5.56 Å². The Morgan fingerprint density at radius 3 is 2.61 bits per heavy atom. The minimum absolute atomic E-state index is 0.0862. The van der Waals surface area contributed by atoms with Crippen LogP contribution in [0.25, 0.3) is 0 Å². The molecule has 0 fully saturated rings. The lowest BCUT2D eigenvalue weighted by atomic mass is 10.2. The smallest absolute Gasteiger partial charge is 0.406 e. The summed E-state index contributed by atoms with van der Waals surface area (Å²) in [6.07, 6.45) is -1.40. The summed E-state index contributed by atoms with van der Waals surface area (Å²) < 4.78 is 39.9. The lowest BCUT2D eigenvalue weighted by molar-refractivity contribution is -0.421. The number of alkyl halides is 3. The highest BCUT2D eigenvalue weighted by molar-refractivity contribution is 5.72. The highest BCUT2D eigenvalue weighted by Crippen LogP contribution is 2.22. The number of nitro groups is 1. The van der Waals surface area contributed by atoms with Crippen molar-refractivity contribution in [3.05, 3.63) is 63.7 Å². The molecule has 0 radical (unpaired) electrons. The van der Waals surface area contributed by atoms with Gasteiger partial charge in [0.05, 0.1) is 11.1 Å². The zero-order valence-corrected chi connectivity index (χ0v) is 11.4. The molecule has 23 heavy (non-hydrogen) atoms. The van der Waals surface area contributed by atoms with Crippen molar-refractivity contribution < 1.29 is 27.7 Å². The van der Waals surface area contributed by atoms with Gasteiger partial charge in [0, 0.05) is 12.6 Å². The number of halogens is 3. The average Bonchev–Trinajstić information content (AvgIpc) is 2.70. The summed E-state index contributed by atoms with van der Waals surface area (Å²) in [7, 11) is 0. The number of hydrogen-bond donors (Lipinski definition) is 1. The predicted octanol–water partition coefficient (Wildman–Crippen LogP) is 2.69. The van der Waals surface area contributed by atoms with Crippen molar-refractivity contribution in [2.75, 3.05) is 0 Å². The van der Waals surface area contributed by atoms with Crippen molar-refractivity contribution in [3.8, 4) is 5.75 Å². The van der Waals surface area contributed by atoms with E-state index in [0.29, 0.717) is 5.56 Å². The zero-order chi connectivity index (χ0) is 16.9. The Kier molecular flexibility index (Phi) is 4.84. The first kappa shape index (κ1) is 16.3. The molecule has 0 bridgehead atoms. The van der Waals surface area contributed by atoms with Crippen LogP contribution in [0.3, 0.4) is 0 Å². The number of benzene rings is 1. The first-order valence-electron chi connectivity index (χ1n) is 6.18. The molecule has 0 amide bonds. The number of allylic oxidation sites excluding steroid dienone is 1. The van der Waals surface area contributed by atoms with Gasteiger partial charge in [0.1, 0.15) is 5.75 Å². The average molecular weight is 329 g/mol. The Bertz CT molecular complexity index is 666. The number of oxime groups is 1. The lowest BCUT2D eigenvalue weighted by Gasteiger charge is -2.10. The van der Waals surface area contributed by atoms with E-state index >= 15 is 0 Å². The van der Waals surface area contributed by atoms with Gasteiger partial charge in [0.2, 0.25) is 0 Å². The lowest BCUT2D eigenvalue weighted by Crippen LogP contribution is -2.19. The number of nitrogens with zero attached hydrogens (tertiary/aromatic N) is 2. The first-order chi connectivity index (χ1) is 10.8. The molecule has 0 spiro atoms. The van der Waals surface area contributed by atoms with Crippen LogP contribution in [0.15, 0.2) is 53.2 Å². The molecular weight excluding hydrogens is 319 g/mol. The van der Waals surface area contributed by atoms with Crippen molar-refractivity contribution in [2.45, 2.75) is 12.9 Å².